The molecule has 24 heavy (non-hydrogen) atoms. The molecule has 0 heteroatoms. The lowest BCUT2D eigenvalue weighted by Gasteiger charge is -2.11. The second-order valence-electron chi connectivity index (χ2n) is 4.77. The monoisotopic (exact) mass is 322 g/mol. The van der Waals surface area contributed by atoms with E-state index in [0.29, 0.717) is 0 Å². The van der Waals surface area contributed by atoms with Gasteiger partial charge in [-0.25, -0.2) is 0 Å². The highest BCUT2D eigenvalue weighted by molar-refractivity contribution is 5.91. The lowest BCUT2D eigenvalue weighted by molar-refractivity contribution is 1.43. The van der Waals surface area contributed by atoms with Crippen LogP contribution in [0.3, 0.4) is 0 Å². The van der Waals surface area contributed by atoms with Crippen molar-refractivity contribution in [2.24, 2.45) is 0 Å². The lowest BCUT2D eigenvalue weighted by Crippen LogP contribution is -1.88. The van der Waals surface area contributed by atoms with Gasteiger partial charge in [0.05, 0.1) is 0 Å². The first-order valence-corrected chi connectivity index (χ1v) is 9.32. The molecule has 0 aliphatic carbocycles. The topological polar surface area (TPSA) is 0 Å². The minimum Gasteiger partial charge on any atom is -0.0683 e. The third-order valence-electron chi connectivity index (χ3n) is 3.63. The van der Waals surface area contributed by atoms with Crippen molar-refractivity contribution in [3.63, 3.8) is 0 Å². The Balaban J connectivity index is 0.000000798. The third kappa shape index (κ3) is 5.23. The second kappa shape index (κ2) is 12.4. The maximum Gasteiger partial charge on any atom is -0.0146 e. The standard InChI is InChI=1S/C18H16.3C2H6/c1-13-7-3-5-9-16(13)18-12-11-15-8-4-6-10-17(15)14(18)2;3*1-2/h3-12H,1-2H3;3*1-2H3. The fraction of sp³-hybridized carbons (Fsp3) is 0.333. The van der Waals surface area contributed by atoms with Gasteiger partial charge in [-0.05, 0) is 46.9 Å². The van der Waals surface area contributed by atoms with E-state index in [9.17, 15) is 0 Å². The largest absolute Gasteiger partial charge is 0.0683 e. The van der Waals surface area contributed by atoms with Crippen LogP contribution >= 0.6 is 0 Å². The van der Waals surface area contributed by atoms with Crippen LogP contribution in [0.2, 0.25) is 0 Å². The van der Waals surface area contributed by atoms with E-state index in [1.54, 1.807) is 0 Å². The number of fused-ring (bicyclic) bond motifs is 1. The van der Waals surface area contributed by atoms with Crippen LogP contribution in [-0.4, -0.2) is 0 Å². The summed E-state index contributed by atoms with van der Waals surface area (Å²) < 4.78 is 0. The molecule has 0 amide bonds. The Hall–Kier alpha value is -2.08. The van der Waals surface area contributed by atoms with Gasteiger partial charge in [-0.3, -0.25) is 0 Å². The summed E-state index contributed by atoms with van der Waals surface area (Å²) in [5.41, 5.74) is 5.37. The fourth-order valence-electron chi connectivity index (χ4n) is 2.59. The average molecular weight is 323 g/mol. The van der Waals surface area contributed by atoms with Gasteiger partial charge in [0.15, 0.2) is 0 Å². The molecule has 0 fully saturated rings. The number of hydrogen-bond donors (Lipinski definition) is 0. The smallest absolute Gasteiger partial charge is 0.0146 e. The quantitative estimate of drug-likeness (QED) is 0.423. The van der Waals surface area contributed by atoms with Gasteiger partial charge in [-0.1, -0.05) is 102 Å². The maximum atomic E-state index is 2.24. The Morgan fingerprint density at radius 1 is 0.500 bits per heavy atom. The highest BCUT2D eigenvalue weighted by Crippen LogP contribution is 2.31. The molecule has 130 valence electrons. The van der Waals surface area contributed by atoms with E-state index in [0.717, 1.165) is 0 Å². The molecule has 3 aromatic carbocycles. The van der Waals surface area contributed by atoms with Gasteiger partial charge in [0, 0.05) is 0 Å². The van der Waals surface area contributed by atoms with Gasteiger partial charge in [0.1, 0.15) is 0 Å². The van der Waals surface area contributed by atoms with Gasteiger partial charge >= 0.3 is 0 Å². The zero-order valence-corrected chi connectivity index (χ0v) is 16.8. The van der Waals surface area contributed by atoms with Gasteiger partial charge in [0.25, 0.3) is 0 Å². The Bertz CT molecular complexity index is 708. The van der Waals surface area contributed by atoms with Crippen molar-refractivity contribution in [1.29, 1.82) is 0 Å². The van der Waals surface area contributed by atoms with Gasteiger partial charge < -0.3 is 0 Å². The van der Waals surface area contributed by atoms with Gasteiger partial charge in [-0.2, -0.15) is 0 Å². The van der Waals surface area contributed by atoms with E-state index in [2.05, 4.69) is 74.5 Å². The van der Waals surface area contributed by atoms with Crippen LogP contribution in [0.5, 0.6) is 0 Å². The van der Waals surface area contributed by atoms with Crippen LogP contribution in [0.15, 0.2) is 60.7 Å². The number of hydrogen-bond acceptors (Lipinski definition) is 0. The predicted octanol–water partition coefficient (Wildman–Crippen LogP) is 8.20. The van der Waals surface area contributed by atoms with Crippen molar-refractivity contribution >= 4 is 10.8 Å². The average Bonchev–Trinajstić information content (AvgIpc) is 2.68. The first-order valence-electron chi connectivity index (χ1n) is 9.32. The second-order valence-corrected chi connectivity index (χ2v) is 4.77. The predicted molar refractivity (Wildman–Crippen MR) is 113 cm³/mol. The van der Waals surface area contributed by atoms with Crippen LogP contribution < -0.4 is 0 Å². The molecule has 0 aromatic heterocycles. The van der Waals surface area contributed by atoms with Crippen molar-refractivity contribution in [2.75, 3.05) is 0 Å². The van der Waals surface area contributed by atoms with Crippen LogP contribution in [0.25, 0.3) is 21.9 Å². The molecule has 0 saturated carbocycles. The molecule has 0 saturated heterocycles. The van der Waals surface area contributed by atoms with Gasteiger partial charge in [-0.15, -0.1) is 0 Å². The summed E-state index contributed by atoms with van der Waals surface area (Å²) in [5, 5.41) is 2.66. The molecule has 0 aliphatic rings. The van der Waals surface area contributed by atoms with E-state index < -0.39 is 0 Å². The summed E-state index contributed by atoms with van der Waals surface area (Å²) in [6, 6.07) is 21.6. The maximum absolute atomic E-state index is 2.24. The lowest BCUT2D eigenvalue weighted by atomic mass is 9.93. The molecule has 3 aromatic rings. The summed E-state index contributed by atoms with van der Waals surface area (Å²) in [7, 11) is 0. The van der Waals surface area contributed by atoms with Crippen molar-refractivity contribution in [3.8, 4) is 11.1 Å². The normalized spacial score (nSPS) is 8.83. The summed E-state index contributed by atoms with van der Waals surface area (Å²) in [4.78, 5) is 0. The molecule has 0 N–H and O–H groups in total. The Kier molecular flexibility index (Phi) is 11.3. The summed E-state index contributed by atoms with van der Waals surface area (Å²) in [6.07, 6.45) is 0. The molecule has 3 rings (SSSR count). The van der Waals surface area contributed by atoms with Crippen LogP contribution in [0.4, 0.5) is 0 Å². The zero-order chi connectivity index (χ0) is 18.5. The molecular weight excluding hydrogens is 288 g/mol. The zero-order valence-electron chi connectivity index (χ0n) is 16.8. The SMILES string of the molecule is CC.CC.CC.Cc1ccccc1-c1ccc2ccccc2c1C. The molecular formula is C24H34. The highest BCUT2D eigenvalue weighted by atomic mass is 14.1. The van der Waals surface area contributed by atoms with Gasteiger partial charge in [0.2, 0.25) is 0 Å². The van der Waals surface area contributed by atoms with Crippen molar-refractivity contribution in [1.82, 2.24) is 0 Å². The van der Waals surface area contributed by atoms with E-state index in [-0.39, 0.29) is 0 Å². The summed E-state index contributed by atoms with van der Waals surface area (Å²) >= 11 is 0. The summed E-state index contributed by atoms with van der Waals surface area (Å²) in [5.74, 6) is 0. The molecule has 0 atom stereocenters. The van der Waals surface area contributed by atoms with Crippen molar-refractivity contribution < 1.29 is 0 Å². The highest BCUT2D eigenvalue weighted by Gasteiger charge is 2.06. The Morgan fingerprint density at radius 2 is 1.04 bits per heavy atom. The first kappa shape index (κ1) is 21.9. The first-order chi connectivity index (χ1) is 11.8. The minimum absolute atomic E-state index is 1.31. The molecule has 0 heterocycles. The third-order valence-corrected chi connectivity index (χ3v) is 3.63. The van der Waals surface area contributed by atoms with E-state index in [4.69, 9.17) is 0 Å². The fourth-order valence-corrected chi connectivity index (χ4v) is 2.59. The van der Waals surface area contributed by atoms with E-state index >= 15 is 0 Å². The number of aryl methyl sites for hydroxylation is 2. The number of rotatable bonds is 1. The Morgan fingerprint density at radius 3 is 1.67 bits per heavy atom. The Labute approximate surface area is 149 Å². The summed E-state index contributed by atoms with van der Waals surface area (Å²) in [6.45, 7) is 16.4. The van der Waals surface area contributed by atoms with Crippen LogP contribution in [0, 0.1) is 13.8 Å². The van der Waals surface area contributed by atoms with Crippen LogP contribution in [-0.2, 0) is 0 Å². The molecule has 0 radical (unpaired) electrons. The van der Waals surface area contributed by atoms with Crippen molar-refractivity contribution in [3.05, 3.63) is 71.8 Å². The minimum atomic E-state index is 1.31. The van der Waals surface area contributed by atoms with E-state index in [1.165, 1.54) is 33.0 Å². The van der Waals surface area contributed by atoms with E-state index in [1.807, 2.05) is 41.5 Å². The van der Waals surface area contributed by atoms with Crippen molar-refractivity contribution in [2.45, 2.75) is 55.4 Å². The molecule has 0 nitrogen and oxygen atoms in total. The number of benzene rings is 3. The molecule has 0 aliphatic heterocycles. The molecule has 0 bridgehead atoms. The molecule has 0 unspecified atom stereocenters. The van der Waals surface area contributed by atoms with Crippen LogP contribution in [0.1, 0.15) is 52.7 Å². The molecule has 0 spiro atoms.